The first-order valence-corrected chi connectivity index (χ1v) is 26.0. The van der Waals surface area contributed by atoms with E-state index in [0.717, 1.165) is 32.5 Å². The number of nitrogens with one attached hydrogen (secondary N) is 6. The molecule has 18 N–H and O–H groups in total. The number of guanidine groups is 2. The van der Waals surface area contributed by atoms with Crippen molar-refractivity contribution in [3.05, 3.63) is 119 Å². The van der Waals surface area contributed by atoms with Gasteiger partial charge >= 0.3 is 0 Å². The molecule has 77 heavy (non-hydrogen) atoms. The molecule has 0 spiro atoms. The Labute approximate surface area is 448 Å². The first-order valence-electron chi connectivity index (χ1n) is 25.2. The van der Waals surface area contributed by atoms with Crippen LogP contribution in [0.2, 0.25) is 0 Å². The molecular weight excluding hydrogens is 1010 g/mol. The molecule has 3 heterocycles. The quantitative estimate of drug-likeness (QED) is 0.0176. The average molecular weight is 1070 g/mol. The van der Waals surface area contributed by atoms with Gasteiger partial charge in [0.15, 0.2) is 11.9 Å². The molecule has 1 saturated heterocycles. The van der Waals surface area contributed by atoms with Crippen molar-refractivity contribution in [3.8, 4) is 11.1 Å². The number of thiophene rings is 1. The minimum absolute atomic E-state index is 0.00914. The van der Waals surface area contributed by atoms with Gasteiger partial charge < -0.3 is 70.9 Å². The number of aliphatic imine (C=N–C) groups is 2. The summed E-state index contributed by atoms with van der Waals surface area (Å²) in [6.45, 7) is 0.252. The molecule has 0 bridgehead atoms. The van der Waals surface area contributed by atoms with Crippen LogP contribution in [0.15, 0.2) is 113 Å². The number of nitrogens with zero attached hydrogens (tertiary/aromatic N) is 3. The van der Waals surface area contributed by atoms with Crippen molar-refractivity contribution in [3.63, 3.8) is 0 Å². The second-order valence-electron chi connectivity index (χ2n) is 18.6. The van der Waals surface area contributed by atoms with E-state index in [2.05, 4.69) is 41.6 Å². The average Bonchev–Trinajstić information content (AvgIpc) is 4.20. The summed E-state index contributed by atoms with van der Waals surface area (Å²) < 4.78 is 0. The van der Waals surface area contributed by atoms with Crippen LogP contribution in [0.5, 0.6) is 0 Å². The lowest BCUT2D eigenvalue weighted by Gasteiger charge is -2.31. The third-order valence-corrected chi connectivity index (χ3v) is 13.7. The number of amides is 8. The van der Waals surface area contributed by atoms with Crippen LogP contribution in [-0.2, 0) is 57.6 Å². The molecule has 6 rings (SSSR count). The lowest BCUT2D eigenvalue weighted by molar-refractivity contribution is -0.142. The topological polar surface area (TPSA) is 397 Å². The summed E-state index contributed by atoms with van der Waals surface area (Å²) in [6.07, 6.45) is 2.10. The summed E-state index contributed by atoms with van der Waals surface area (Å²) in [5, 5.41) is 16.5. The van der Waals surface area contributed by atoms with Crippen LogP contribution < -0.4 is 61.0 Å². The molecule has 0 radical (unpaired) electrons. The molecule has 0 aliphatic carbocycles. The van der Waals surface area contributed by atoms with Crippen LogP contribution in [0.4, 0.5) is 0 Å². The maximum Gasteiger partial charge on any atom is 0.245 e. The van der Waals surface area contributed by atoms with Crippen LogP contribution in [0.25, 0.3) is 22.0 Å². The normalized spacial score (nSPS) is 14.9. The summed E-state index contributed by atoms with van der Waals surface area (Å²) in [7, 11) is 0. The highest BCUT2D eigenvalue weighted by atomic mass is 32.1. The fourth-order valence-electron chi connectivity index (χ4n) is 9.00. The molecule has 0 unspecified atom stereocenters. The monoisotopic (exact) mass is 1070 g/mol. The Morgan fingerprint density at radius 3 is 1.87 bits per heavy atom. The molecule has 1 aliphatic rings. The number of fused-ring (bicyclic) bond motifs is 1. The Morgan fingerprint density at radius 1 is 0.636 bits per heavy atom. The number of aromatic amines is 1. The van der Waals surface area contributed by atoms with Crippen molar-refractivity contribution in [1.82, 2.24) is 36.5 Å². The van der Waals surface area contributed by atoms with Gasteiger partial charge in [0.25, 0.3) is 0 Å². The highest BCUT2D eigenvalue weighted by Crippen LogP contribution is 2.24. The highest BCUT2D eigenvalue weighted by molar-refractivity contribution is 7.10. The van der Waals surface area contributed by atoms with Crippen molar-refractivity contribution < 1.29 is 38.4 Å². The van der Waals surface area contributed by atoms with Crippen LogP contribution >= 0.6 is 11.3 Å². The Balaban J connectivity index is 1.28. The van der Waals surface area contributed by atoms with Crippen LogP contribution in [0, 0.1) is 0 Å². The molecule has 23 nitrogen and oxygen atoms in total. The van der Waals surface area contributed by atoms with Crippen molar-refractivity contribution in [2.75, 3.05) is 19.6 Å². The molecular formula is C53H67N15O8S. The van der Waals surface area contributed by atoms with Gasteiger partial charge in [-0.3, -0.25) is 48.3 Å². The van der Waals surface area contributed by atoms with Gasteiger partial charge in [0, 0.05) is 54.5 Å². The van der Waals surface area contributed by atoms with Crippen molar-refractivity contribution in [2.45, 2.75) is 100 Å². The van der Waals surface area contributed by atoms with E-state index >= 15 is 0 Å². The van der Waals surface area contributed by atoms with Crippen molar-refractivity contribution in [1.29, 1.82) is 0 Å². The third kappa shape index (κ3) is 17.4. The molecule has 1 fully saturated rings. The maximum absolute atomic E-state index is 14.9. The van der Waals surface area contributed by atoms with E-state index in [1.54, 1.807) is 6.20 Å². The van der Waals surface area contributed by atoms with E-state index in [0.29, 0.717) is 12.0 Å². The number of carbonyl (C=O) groups is 8. The predicted octanol–water partition coefficient (Wildman–Crippen LogP) is -0.193. The van der Waals surface area contributed by atoms with Gasteiger partial charge in [-0.05, 0) is 78.3 Å². The highest BCUT2D eigenvalue weighted by Gasteiger charge is 2.40. The number of aromatic nitrogens is 1. The molecule has 3 aromatic carbocycles. The van der Waals surface area contributed by atoms with E-state index < -0.39 is 89.9 Å². The maximum atomic E-state index is 14.9. The molecule has 5 aromatic rings. The summed E-state index contributed by atoms with van der Waals surface area (Å²) >= 11 is 1.40. The van der Waals surface area contributed by atoms with Gasteiger partial charge in [-0.2, -0.15) is 0 Å². The lowest BCUT2D eigenvalue weighted by atomic mass is 9.99. The number of primary amides is 2. The third-order valence-electron chi connectivity index (χ3n) is 12.8. The number of benzene rings is 3. The van der Waals surface area contributed by atoms with Gasteiger partial charge in [0.05, 0.1) is 12.8 Å². The largest absolute Gasteiger partial charge is 0.370 e. The first-order chi connectivity index (χ1) is 36.9. The molecule has 8 amide bonds. The second kappa shape index (κ2) is 28.2. The number of rotatable bonds is 28. The minimum atomic E-state index is -1.48. The second-order valence-corrected chi connectivity index (χ2v) is 19.6. The summed E-state index contributed by atoms with van der Waals surface area (Å²) in [5.41, 5.74) is 37.0. The minimum Gasteiger partial charge on any atom is -0.370 e. The predicted molar refractivity (Wildman–Crippen MR) is 293 cm³/mol. The van der Waals surface area contributed by atoms with Crippen molar-refractivity contribution in [2.24, 2.45) is 44.4 Å². The number of H-pyrrole nitrogens is 1. The smallest absolute Gasteiger partial charge is 0.245 e. The van der Waals surface area contributed by atoms with Crippen molar-refractivity contribution >= 4 is 81.4 Å². The van der Waals surface area contributed by atoms with Gasteiger partial charge in [0.1, 0.15) is 36.3 Å². The molecule has 6 atom stereocenters. The van der Waals surface area contributed by atoms with E-state index in [4.69, 9.17) is 34.4 Å². The molecule has 24 heteroatoms. The number of para-hydroxylation sites is 1. The Kier molecular flexibility index (Phi) is 21.0. The zero-order valence-electron chi connectivity index (χ0n) is 42.5. The Bertz CT molecular complexity index is 2900. The first kappa shape index (κ1) is 57.5. The number of carbonyl (C=O) groups excluding carboxylic acids is 8. The number of hydrogen-bond acceptors (Lipinski definition) is 11. The van der Waals surface area contributed by atoms with E-state index in [9.17, 15) is 38.4 Å². The van der Waals surface area contributed by atoms with Crippen LogP contribution in [0.1, 0.15) is 60.9 Å². The Hall–Kier alpha value is -8.80. The fraction of sp³-hybridized carbons (Fsp3) is 0.358. The van der Waals surface area contributed by atoms with E-state index in [1.165, 1.54) is 16.2 Å². The SMILES string of the molecule is NC(=O)C[C@H](NC(=O)[C@H](CCCN=C(N)N)NC(=O)[C@@H]1CCCN1C(=O)[C@H](CCCN=C(N)N)NC(=O)[C@H](Cc1ccc(-c2ccccc2)cc1)NC(=O)[C@H](Cc1c[nH]c2ccccc12)NC(=O)Cc1cccs1)C(N)=O. The molecule has 2 aromatic heterocycles. The van der Waals surface area contributed by atoms with Crippen LogP contribution in [0.3, 0.4) is 0 Å². The molecule has 408 valence electrons. The van der Waals surface area contributed by atoms with E-state index in [-0.39, 0.29) is 82.9 Å². The van der Waals surface area contributed by atoms with Gasteiger partial charge in [-0.25, -0.2) is 0 Å². The van der Waals surface area contributed by atoms with E-state index in [1.807, 2.05) is 96.4 Å². The zero-order chi connectivity index (χ0) is 55.4. The summed E-state index contributed by atoms with van der Waals surface area (Å²) in [6, 6.07) is 20.7. The standard InChI is InChI=1S/C53H67N15O8S/c54-44(69)29-40(46(55)71)66-47(72)38(15-6-22-60-52(56)57)64-50(75)43-17-8-24-68(43)51(76)39(16-7-23-61-53(58)59)65-48(73)41(26-31-18-20-33(21-19-31)32-10-2-1-3-11-32)67-49(74)42(63-45(70)28-35-12-9-25-77-35)27-34-30-62-37-14-5-4-13-36(34)37/h1-5,9-14,18-21,25,30,38-43,62H,6-8,15-17,22-24,26-29H2,(H2,54,69)(H2,55,71)(H,63,70)(H,64,75)(H,65,73)(H,66,72)(H,67,74)(H4,56,57,60)(H4,58,59,61)/t38-,39-,40-,41-,42-,43-/m0/s1. The Morgan fingerprint density at radius 2 is 1.23 bits per heavy atom. The summed E-state index contributed by atoms with van der Waals surface area (Å²) in [4.78, 5) is 123. The molecule has 0 saturated carbocycles. The number of likely N-dealkylation sites (tertiary alicyclic amines) is 1. The fourth-order valence-corrected chi connectivity index (χ4v) is 9.70. The van der Waals surface area contributed by atoms with Gasteiger partial charge in [0.2, 0.25) is 47.3 Å². The summed E-state index contributed by atoms with van der Waals surface area (Å²) in [5.74, 6) is -6.35. The number of nitrogens with two attached hydrogens (primary N) is 6. The molecule has 1 aliphatic heterocycles. The lowest BCUT2D eigenvalue weighted by Crippen LogP contribution is -2.60. The van der Waals surface area contributed by atoms with Crippen LogP contribution in [-0.4, -0.2) is 125 Å². The number of hydrogen-bond donors (Lipinski definition) is 12. The van der Waals surface area contributed by atoms with Gasteiger partial charge in [-0.1, -0.05) is 78.9 Å². The zero-order valence-corrected chi connectivity index (χ0v) is 43.3. The van der Waals surface area contributed by atoms with Gasteiger partial charge in [-0.15, -0.1) is 11.3 Å².